The zero-order chi connectivity index (χ0) is 12.4. The van der Waals surface area contributed by atoms with Crippen molar-refractivity contribution in [3.8, 4) is 0 Å². The van der Waals surface area contributed by atoms with Crippen LogP contribution in [0, 0.1) is 0 Å². The Labute approximate surface area is 96.2 Å². The lowest BCUT2D eigenvalue weighted by atomic mass is 10.2. The molecule has 5 nitrogen and oxygen atoms in total. The Kier molecular flexibility index (Phi) is 8.52. The highest BCUT2D eigenvalue weighted by Gasteiger charge is 2.13. The number of aliphatic carboxylic acids is 1. The van der Waals surface area contributed by atoms with Crippen LogP contribution in [0.25, 0.3) is 0 Å². The Morgan fingerprint density at radius 2 is 2.06 bits per heavy atom. The van der Waals surface area contributed by atoms with Gasteiger partial charge >= 0.3 is 5.97 Å². The Morgan fingerprint density at radius 3 is 2.56 bits per heavy atom. The van der Waals surface area contributed by atoms with Crippen molar-refractivity contribution < 1.29 is 19.4 Å². The number of carboxylic acid groups (broad SMARTS) is 1. The molecule has 0 aliphatic heterocycles. The second kappa shape index (κ2) is 9.15. The summed E-state index contributed by atoms with van der Waals surface area (Å²) in [7, 11) is 1.44. The lowest BCUT2D eigenvalue weighted by Gasteiger charge is -2.13. The van der Waals surface area contributed by atoms with E-state index in [1.807, 2.05) is 0 Å². The predicted molar refractivity (Wildman–Crippen MR) is 60.2 cm³/mol. The molecule has 0 heterocycles. The Balaban J connectivity index is 3.66. The van der Waals surface area contributed by atoms with E-state index in [4.69, 9.17) is 9.84 Å². The maximum absolute atomic E-state index is 11.3. The molecule has 0 aliphatic carbocycles. The molecule has 0 aromatic rings. The summed E-state index contributed by atoms with van der Waals surface area (Å²) in [6.07, 6.45) is 2.94. The van der Waals surface area contributed by atoms with Crippen molar-refractivity contribution in [2.75, 3.05) is 13.7 Å². The molecule has 0 bridgehead atoms. The minimum Gasteiger partial charge on any atom is -0.481 e. The number of amides is 1. The third-order valence-corrected chi connectivity index (χ3v) is 2.27. The largest absolute Gasteiger partial charge is 0.481 e. The van der Waals surface area contributed by atoms with Gasteiger partial charge in [-0.3, -0.25) is 9.59 Å². The molecule has 0 saturated heterocycles. The molecule has 1 unspecified atom stereocenters. The second-order valence-corrected chi connectivity index (χ2v) is 3.72. The van der Waals surface area contributed by atoms with E-state index < -0.39 is 12.1 Å². The van der Waals surface area contributed by atoms with Crippen LogP contribution >= 0.6 is 0 Å². The van der Waals surface area contributed by atoms with Crippen molar-refractivity contribution >= 4 is 11.9 Å². The Morgan fingerprint density at radius 1 is 1.38 bits per heavy atom. The Bertz CT molecular complexity index is 218. The maximum Gasteiger partial charge on any atom is 0.306 e. The molecular formula is C11H21NO4. The lowest BCUT2D eigenvalue weighted by molar-refractivity contribution is -0.140. The lowest BCUT2D eigenvalue weighted by Crippen LogP contribution is -2.34. The molecule has 0 aromatic heterocycles. The van der Waals surface area contributed by atoms with Crippen LogP contribution in [0.15, 0.2) is 0 Å². The average Bonchev–Trinajstić information content (AvgIpc) is 2.24. The fourth-order valence-corrected chi connectivity index (χ4v) is 1.29. The molecule has 0 fully saturated rings. The third-order valence-electron chi connectivity index (χ3n) is 2.27. The quantitative estimate of drug-likeness (QED) is 0.584. The first-order valence-corrected chi connectivity index (χ1v) is 5.61. The summed E-state index contributed by atoms with van der Waals surface area (Å²) in [6, 6.07) is 0. The topological polar surface area (TPSA) is 75.6 Å². The van der Waals surface area contributed by atoms with E-state index in [0.29, 0.717) is 6.42 Å². The molecule has 94 valence electrons. The first-order chi connectivity index (χ1) is 7.60. The first-order valence-electron chi connectivity index (χ1n) is 5.61. The van der Waals surface area contributed by atoms with Gasteiger partial charge in [0.05, 0.1) is 12.5 Å². The molecule has 0 aliphatic rings. The maximum atomic E-state index is 11.3. The van der Waals surface area contributed by atoms with Crippen molar-refractivity contribution in [1.82, 2.24) is 5.32 Å². The average molecular weight is 231 g/mol. The number of hydrogen-bond acceptors (Lipinski definition) is 3. The van der Waals surface area contributed by atoms with Gasteiger partial charge in [-0.05, 0) is 6.42 Å². The minimum absolute atomic E-state index is 0.0408. The zero-order valence-corrected chi connectivity index (χ0v) is 9.99. The molecule has 1 atom stereocenters. The number of rotatable bonds is 9. The third kappa shape index (κ3) is 8.23. The highest BCUT2D eigenvalue weighted by atomic mass is 16.5. The van der Waals surface area contributed by atoms with Gasteiger partial charge in [-0.1, -0.05) is 19.8 Å². The van der Waals surface area contributed by atoms with Crippen molar-refractivity contribution in [2.45, 2.75) is 45.1 Å². The van der Waals surface area contributed by atoms with Crippen molar-refractivity contribution in [3.05, 3.63) is 0 Å². The van der Waals surface area contributed by atoms with Gasteiger partial charge in [-0.15, -0.1) is 0 Å². The molecule has 0 rings (SSSR count). The molecule has 0 radical (unpaired) electrons. The SMILES string of the molecule is CCCCCC(=O)NCC(CC(=O)O)OC. The van der Waals surface area contributed by atoms with Gasteiger partial charge in [-0.2, -0.15) is 0 Å². The number of carboxylic acids is 1. The summed E-state index contributed by atoms with van der Waals surface area (Å²) in [4.78, 5) is 21.7. The Hall–Kier alpha value is -1.10. The van der Waals surface area contributed by atoms with Gasteiger partial charge in [0.2, 0.25) is 5.91 Å². The van der Waals surface area contributed by atoms with E-state index in [0.717, 1.165) is 19.3 Å². The van der Waals surface area contributed by atoms with Gasteiger partial charge in [-0.25, -0.2) is 0 Å². The number of nitrogens with one attached hydrogen (secondary N) is 1. The van der Waals surface area contributed by atoms with Gasteiger partial charge in [0.1, 0.15) is 0 Å². The fourth-order valence-electron chi connectivity index (χ4n) is 1.29. The highest BCUT2D eigenvalue weighted by molar-refractivity contribution is 5.76. The van der Waals surface area contributed by atoms with Gasteiger partial charge < -0.3 is 15.2 Å². The van der Waals surface area contributed by atoms with Crippen LogP contribution in [0.4, 0.5) is 0 Å². The van der Waals surface area contributed by atoms with Crippen molar-refractivity contribution in [1.29, 1.82) is 0 Å². The van der Waals surface area contributed by atoms with E-state index in [1.165, 1.54) is 7.11 Å². The van der Waals surface area contributed by atoms with Gasteiger partial charge in [0, 0.05) is 20.1 Å². The number of methoxy groups -OCH3 is 1. The van der Waals surface area contributed by atoms with Crippen molar-refractivity contribution in [3.63, 3.8) is 0 Å². The van der Waals surface area contributed by atoms with Gasteiger partial charge in [0.25, 0.3) is 0 Å². The van der Waals surface area contributed by atoms with E-state index in [9.17, 15) is 9.59 Å². The number of carbonyl (C=O) groups is 2. The van der Waals surface area contributed by atoms with Crippen LogP contribution in [0.3, 0.4) is 0 Å². The fraction of sp³-hybridized carbons (Fsp3) is 0.818. The number of unbranched alkanes of at least 4 members (excludes halogenated alkanes) is 2. The van der Waals surface area contributed by atoms with Gasteiger partial charge in [0.15, 0.2) is 0 Å². The molecular weight excluding hydrogens is 210 g/mol. The predicted octanol–water partition coefficient (Wildman–Crippen LogP) is 1.17. The summed E-state index contributed by atoms with van der Waals surface area (Å²) in [6.45, 7) is 2.33. The zero-order valence-electron chi connectivity index (χ0n) is 9.99. The van der Waals surface area contributed by atoms with Crippen LogP contribution in [-0.4, -0.2) is 36.7 Å². The molecule has 0 aromatic carbocycles. The van der Waals surface area contributed by atoms with E-state index in [1.54, 1.807) is 0 Å². The summed E-state index contributed by atoms with van der Waals surface area (Å²) in [5, 5.41) is 11.2. The minimum atomic E-state index is -0.924. The molecule has 0 saturated carbocycles. The van der Waals surface area contributed by atoms with Crippen LogP contribution in [0.5, 0.6) is 0 Å². The first kappa shape index (κ1) is 14.9. The van der Waals surface area contributed by atoms with Crippen LogP contribution < -0.4 is 5.32 Å². The number of hydrogen-bond donors (Lipinski definition) is 2. The molecule has 1 amide bonds. The molecule has 5 heteroatoms. The summed E-state index contributed by atoms with van der Waals surface area (Å²) in [5.41, 5.74) is 0. The number of ether oxygens (including phenoxy) is 1. The monoisotopic (exact) mass is 231 g/mol. The molecule has 2 N–H and O–H groups in total. The smallest absolute Gasteiger partial charge is 0.306 e. The van der Waals surface area contributed by atoms with E-state index in [-0.39, 0.29) is 18.9 Å². The summed E-state index contributed by atoms with van der Waals surface area (Å²) < 4.78 is 4.94. The second-order valence-electron chi connectivity index (χ2n) is 3.72. The normalized spacial score (nSPS) is 12.1. The molecule has 16 heavy (non-hydrogen) atoms. The van der Waals surface area contributed by atoms with E-state index >= 15 is 0 Å². The van der Waals surface area contributed by atoms with E-state index in [2.05, 4.69) is 12.2 Å². The number of carbonyl (C=O) groups excluding carboxylic acids is 1. The van der Waals surface area contributed by atoms with Crippen LogP contribution in [0.2, 0.25) is 0 Å². The summed E-state index contributed by atoms with van der Waals surface area (Å²) in [5.74, 6) is -0.965. The summed E-state index contributed by atoms with van der Waals surface area (Å²) >= 11 is 0. The van der Waals surface area contributed by atoms with Crippen molar-refractivity contribution in [2.24, 2.45) is 0 Å². The van der Waals surface area contributed by atoms with Crippen LogP contribution in [-0.2, 0) is 14.3 Å². The standard InChI is InChI=1S/C11H21NO4/c1-3-4-5-6-10(13)12-8-9(16-2)7-11(14)15/h9H,3-8H2,1-2H3,(H,12,13)(H,14,15). The highest BCUT2D eigenvalue weighted by Crippen LogP contribution is 1.99. The van der Waals surface area contributed by atoms with Crippen LogP contribution in [0.1, 0.15) is 39.0 Å². The molecule has 0 spiro atoms.